The zero-order valence-electron chi connectivity index (χ0n) is 18.7. The van der Waals surface area contributed by atoms with Crippen LogP contribution in [0.25, 0.3) is 33.1 Å². The van der Waals surface area contributed by atoms with E-state index in [4.69, 9.17) is 14.5 Å². The van der Waals surface area contributed by atoms with Gasteiger partial charge in [0, 0.05) is 21.9 Å². The second kappa shape index (κ2) is 8.32. The van der Waals surface area contributed by atoms with Crippen LogP contribution in [0.1, 0.15) is 22.4 Å². The van der Waals surface area contributed by atoms with E-state index in [0.717, 1.165) is 67.0 Å². The van der Waals surface area contributed by atoms with Crippen LogP contribution in [0.15, 0.2) is 92.0 Å². The Hall–Kier alpha value is -4.31. The van der Waals surface area contributed by atoms with Crippen LogP contribution >= 0.6 is 0 Å². The smallest absolute Gasteiger partial charge is 0.139 e. The van der Waals surface area contributed by atoms with Gasteiger partial charge in [-0.2, -0.15) is 0 Å². The van der Waals surface area contributed by atoms with Crippen LogP contribution in [0.5, 0.6) is 11.5 Å². The first-order valence-electron chi connectivity index (χ1n) is 10.7. The highest BCUT2D eigenvalue weighted by Gasteiger charge is 2.12. The highest BCUT2D eigenvalue weighted by atomic mass is 16.5. The van der Waals surface area contributed by atoms with Crippen molar-refractivity contribution in [2.24, 2.45) is 0 Å². The first-order chi connectivity index (χ1) is 16.1. The Kier molecular flexibility index (Phi) is 5.19. The maximum atomic E-state index is 5.36. The van der Waals surface area contributed by atoms with Crippen LogP contribution in [-0.2, 0) is 0 Å². The van der Waals surface area contributed by atoms with Gasteiger partial charge in [-0.05, 0) is 70.8 Å². The summed E-state index contributed by atoms with van der Waals surface area (Å²) in [4.78, 5) is 8.31. The van der Waals surface area contributed by atoms with Gasteiger partial charge in [-0.1, -0.05) is 43.5 Å². The van der Waals surface area contributed by atoms with Crippen LogP contribution < -0.4 is 9.47 Å². The van der Waals surface area contributed by atoms with Crippen molar-refractivity contribution in [1.29, 1.82) is 0 Å². The van der Waals surface area contributed by atoms with Gasteiger partial charge in [0.1, 0.15) is 17.1 Å². The monoisotopic (exact) mass is 432 g/mol. The third kappa shape index (κ3) is 3.76. The fourth-order valence-electron chi connectivity index (χ4n) is 4.07. The molecule has 4 heteroatoms. The Morgan fingerprint density at radius 3 is 2.00 bits per heavy atom. The van der Waals surface area contributed by atoms with Crippen molar-refractivity contribution in [2.45, 2.75) is 0 Å². The Labute approximate surface area is 192 Å². The minimum Gasteiger partial charge on any atom is -0.497 e. The largest absolute Gasteiger partial charge is 0.497 e. The highest BCUT2D eigenvalue weighted by molar-refractivity contribution is 6.07. The Morgan fingerprint density at radius 2 is 1.33 bits per heavy atom. The van der Waals surface area contributed by atoms with E-state index in [2.05, 4.69) is 42.4 Å². The van der Waals surface area contributed by atoms with Crippen molar-refractivity contribution in [3.8, 4) is 11.5 Å². The molecule has 4 nitrogen and oxygen atoms in total. The lowest BCUT2D eigenvalue weighted by Crippen LogP contribution is -1.92. The van der Waals surface area contributed by atoms with Crippen LogP contribution in [-0.4, -0.2) is 24.2 Å². The van der Waals surface area contributed by atoms with E-state index < -0.39 is 0 Å². The standard InChI is InChI=1S/C29H24N2O2/c1-18(20-7-5-9-23(15-20)32-3)22-11-13-28-26(17-22)25-12-14-27(30-29(25)31-28)19(2)21-8-6-10-24(16-21)33-4/h5-17H,1-2H2,3-4H3,(H,30,31). The van der Waals surface area contributed by atoms with Gasteiger partial charge in [0.15, 0.2) is 0 Å². The molecule has 0 amide bonds. The number of nitrogens with zero attached hydrogens (tertiary/aromatic N) is 1. The molecule has 0 radical (unpaired) electrons. The molecule has 5 rings (SSSR count). The number of H-pyrrole nitrogens is 1. The maximum absolute atomic E-state index is 5.36. The van der Waals surface area contributed by atoms with Crippen LogP contribution in [0.4, 0.5) is 0 Å². The van der Waals surface area contributed by atoms with Gasteiger partial charge in [0.2, 0.25) is 0 Å². The number of benzene rings is 3. The van der Waals surface area contributed by atoms with E-state index in [1.54, 1.807) is 14.2 Å². The van der Waals surface area contributed by atoms with Crippen molar-refractivity contribution < 1.29 is 9.47 Å². The molecule has 0 aliphatic carbocycles. The molecule has 0 atom stereocenters. The second-order valence-electron chi connectivity index (χ2n) is 7.90. The number of rotatable bonds is 6. The number of hydrogen-bond donors (Lipinski definition) is 1. The van der Waals surface area contributed by atoms with E-state index in [-0.39, 0.29) is 0 Å². The molecule has 5 aromatic rings. The van der Waals surface area contributed by atoms with Gasteiger partial charge < -0.3 is 14.5 Å². The van der Waals surface area contributed by atoms with Gasteiger partial charge in [-0.3, -0.25) is 0 Å². The van der Waals surface area contributed by atoms with E-state index in [1.165, 1.54) is 0 Å². The molecule has 0 bridgehead atoms. The quantitative estimate of drug-likeness (QED) is 0.319. The minimum atomic E-state index is 0.795. The third-order valence-corrected chi connectivity index (χ3v) is 5.95. The summed E-state index contributed by atoms with van der Waals surface area (Å²) >= 11 is 0. The maximum Gasteiger partial charge on any atom is 0.139 e. The molecular formula is C29H24N2O2. The average Bonchev–Trinajstić information content (AvgIpc) is 3.24. The summed E-state index contributed by atoms with van der Waals surface area (Å²) in [6.07, 6.45) is 0. The molecule has 0 spiro atoms. The molecule has 33 heavy (non-hydrogen) atoms. The van der Waals surface area contributed by atoms with Crippen molar-refractivity contribution in [3.63, 3.8) is 0 Å². The lowest BCUT2D eigenvalue weighted by atomic mass is 9.97. The molecule has 0 aliphatic heterocycles. The molecule has 3 aromatic carbocycles. The number of fused-ring (bicyclic) bond motifs is 3. The molecule has 0 unspecified atom stereocenters. The number of hydrogen-bond acceptors (Lipinski definition) is 3. The minimum absolute atomic E-state index is 0.795. The van der Waals surface area contributed by atoms with Gasteiger partial charge >= 0.3 is 0 Å². The van der Waals surface area contributed by atoms with Crippen molar-refractivity contribution in [3.05, 3.63) is 114 Å². The normalized spacial score (nSPS) is 11.0. The van der Waals surface area contributed by atoms with Crippen molar-refractivity contribution in [1.82, 2.24) is 9.97 Å². The van der Waals surface area contributed by atoms with Gasteiger partial charge in [-0.25, -0.2) is 4.98 Å². The summed E-state index contributed by atoms with van der Waals surface area (Å²) in [5.41, 5.74) is 7.55. The van der Waals surface area contributed by atoms with E-state index in [1.807, 2.05) is 54.6 Å². The molecule has 162 valence electrons. The fourth-order valence-corrected chi connectivity index (χ4v) is 4.07. The summed E-state index contributed by atoms with van der Waals surface area (Å²) < 4.78 is 10.7. The molecule has 2 heterocycles. The Morgan fingerprint density at radius 1 is 0.697 bits per heavy atom. The van der Waals surface area contributed by atoms with Crippen LogP contribution in [0, 0.1) is 0 Å². The fraction of sp³-hybridized carbons (Fsp3) is 0.0690. The lowest BCUT2D eigenvalue weighted by Gasteiger charge is -2.09. The summed E-state index contributed by atoms with van der Waals surface area (Å²) in [5.74, 6) is 1.61. The molecule has 1 N–H and O–H groups in total. The van der Waals surface area contributed by atoms with E-state index in [0.29, 0.717) is 0 Å². The van der Waals surface area contributed by atoms with Crippen LogP contribution in [0.3, 0.4) is 0 Å². The summed E-state index contributed by atoms with van der Waals surface area (Å²) in [5, 5.41) is 2.17. The average molecular weight is 433 g/mol. The zero-order chi connectivity index (χ0) is 22.9. The summed E-state index contributed by atoms with van der Waals surface area (Å²) in [6.45, 7) is 8.59. The molecular weight excluding hydrogens is 408 g/mol. The van der Waals surface area contributed by atoms with Gasteiger partial charge in [-0.15, -0.1) is 0 Å². The molecule has 0 aliphatic rings. The molecule has 2 aromatic heterocycles. The predicted octanol–water partition coefficient (Wildman–Crippen LogP) is 6.86. The molecule has 0 saturated carbocycles. The number of methoxy groups -OCH3 is 2. The number of ether oxygens (including phenoxy) is 2. The lowest BCUT2D eigenvalue weighted by molar-refractivity contribution is 0.414. The Bertz CT molecular complexity index is 1530. The first-order valence-corrected chi connectivity index (χ1v) is 10.7. The van der Waals surface area contributed by atoms with E-state index >= 15 is 0 Å². The summed E-state index contributed by atoms with van der Waals surface area (Å²) in [6, 6.07) is 26.2. The van der Waals surface area contributed by atoms with Gasteiger partial charge in [0.05, 0.1) is 19.9 Å². The number of nitrogens with one attached hydrogen (secondary N) is 1. The van der Waals surface area contributed by atoms with Gasteiger partial charge in [0.25, 0.3) is 0 Å². The van der Waals surface area contributed by atoms with Crippen molar-refractivity contribution in [2.75, 3.05) is 14.2 Å². The SMILES string of the molecule is C=C(c1cccc(OC)c1)c1ccc2[nH]c3nc(C(=C)c4cccc(OC)c4)ccc3c2c1. The summed E-state index contributed by atoms with van der Waals surface area (Å²) in [7, 11) is 3.33. The third-order valence-electron chi connectivity index (χ3n) is 5.95. The Balaban J connectivity index is 1.53. The predicted molar refractivity (Wildman–Crippen MR) is 136 cm³/mol. The molecule has 0 saturated heterocycles. The number of aromatic nitrogens is 2. The first kappa shape index (κ1) is 20.6. The van der Waals surface area contributed by atoms with Crippen LogP contribution in [0.2, 0.25) is 0 Å². The highest BCUT2D eigenvalue weighted by Crippen LogP contribution is 2.32. The topological polar surface area (TPSA) is 47.1 Å². The number of pyridine rings is 1. The number of aromatic amines is 1. The second-order valence-corrected chi connectivity index (χ2v) is 7.90. The van der Waals surface area contributed by atoms with E-state index in [9.17, 15) is 0 Å². The molecule has 0 fully saturated rings. The zero-order valence-corrected chi connectivity index (χ0v) is 18.7. The van der Waals surface area contributed by atoms with Crippen molar-refractivity contribution >= 4 is 33.1 Å².